The molecule has 3 aliphatic carbocycles. The first-order valence-electron chi connectivity index (χ1n) is 16.2. The predicted octanol–water partition coefficient (Wildman–Crippen LogP) is 5.27. The van der Waals surface area contributed by atoms with Gasteiger partial charge in [0.15, 0.2) is 0 Å². The number of anilines is 1. The molecule has 1 aliphatic heterocycles. The molecule has 4 aliphatic rings. The number of carbonyl (C=O) groups excluding carboxylic acids is 5. The quantitative estimate of drug-likeness (QED) is 0.373. The van der Waals surface area contributed by atoms with Gasteiger partial charge in [-0.05, 0) is 76.1 Å². The highest BCUT2D eigenvalue weighted by atomic mass is 19.3. The van der Waals surface area contributed by atoms with E-state index in [1.54, 1.807) is 37.8 Å². The van der Waals surface area contributed by atoms with Crippen LogP contribution < -0.4 is 10.6 Å². The smallest absolute Gasteiger partial charge is 0.418 e. The number of aryl methyl sites for hydroxylation is 1. The summed E-state index contributed by atoms with van der Waals surface area (Å²) >= 11 is 0. The fraction of sp³-hybridized carbons (Fsp3) is 0.514. The number of halogens is 2. The third-order valence-corrected chi connectivity index (χ3v) is 9.52. The van der Waals surface area contributed by atoms with E-state index in [0.29, 0.717) is 30.0 Å². The molecule has 0 radical (unpaired) electrons. The van der Waals surface area contributed by atoms with Crippen molar-refractivity contribution in [1.82, 2.24) is 15.1 Å². The third-order valence-electron chi connectivity index (χ3n) is 9.52. The van der Waals surface area contributed by atoms with Crippen LogP contribution in [-0.4, -0.2) is 69.4 Å². The van der Waals surface area contributed by atoms with Crippen LogP contribution in [0.15, 0.2) is 48.5 Å². The molecule has 3 fully saturated rings. The number of hydrogen-bond donors (Lipinski definition) is 2. The molecule has 0 bridgehead atoms. The third kappa shape index (κ3) is 6.46. The van der Waals surface area contributed by atoms with Crippen LogP contribution in [0.1, 0.15) is 76.5 Å². The minimum absolute atomic E-state index is 0.0640. The minimum Gasteiger partial charge on any atom is -0.444 e. The Balaban J connectivity index is 1.16. The van der Waals surface area contributed by atoms with Gasteiger partial charge in [0.05, 0.1) is 0 Å². The summed E-state index contributed by atoms with van der Waals surface area (Å²) in [7, 11) is 0. The second kappa shape index (κ2) is 11.9. The lowest BCUT2D eigenvalue weighted by molar-refractivity contribution is -0.157. The van der Waals surface area contributed by atoms with E-state index in [9.17, 15) is 32.8 Å². The van der Waals surface area contributed by atoms with Gasteiger partial charge in [0, 0.05) is 43.1 Å². The number of hydrogen-bond acceptors (Lipinski definition) is 7. The van der Waals surface area contributed by atoms with Crippen molar-refractivity contribution in [2.45, 2.75) is 101 Å². The summed E-state index contributed by atoms with van der Waals surface area (Å²) < 4.78 is 38.9. The van der Waals surface area contributed by atoms with Crippen LogP contribution in [0, 0.1) is 5.92 Å². The number of nitrogens with one attached hydrogen (secondary N) is 2. The monoisotopic (exact) mass is 666 g/mol. The van der Waals surface area contributed by atoms with Crippen molar-refractivity contribution in [3.8, 4) is 0 Å². The van der Waals surface area contributed by atoms with Gasteiger partial charge in [-0.3, -0.25) is 14.4 Å². The van der Waals surface area contributed by atoms with Crippen LogP contribution in [0.2, 0.25) is 0 Å². The average molecular weight is 667 g/mol. The van der Waals surface area contributed by atoms with E-state index in [1.165, 1.54) is 6.07 Å². The number of ether oxygens (including phenoxy) is 2. The molecule has 48 heavy (non-hydrogen) atoms. The van der Waals surface area contributed by atoms with Gasteiger partial charge in [0.1, 0.15) is 17.7 Å². The summed E-state index contributed by atoms with van der Waals surface area (Å²) in [5.74, 6) is -4.59. The van der Waals surface area contributed by atoms with E-state index in [4.69, 9.17) is 9.47 Å². The molecule has 11 nitrogen and oxygen atoms in total. The maximum absolute atomic E-state index is 14.0. The van der Waals surface area contributed by atoms with Crippen molar-refractivity contribution < 1.29 is 42.2 Å². The lowest BCUT2D eigenvalue weighted by atomic mass is 9.72. The zero-order valence-electron chi connectivity index (χ0n) is 27.4. The Kier molecular flexibility index (Phi) is 8.23. The molecule has 2 aromatic rings. The van der Waals surface area contributed by atoms with Gasteiger partial charge in [-0.2, -0.15) is 0 Å². The number of nitrogens with zero attached hydrogens (tertiary/aromatic N) is 2. The Bertz CT molecular complexity index is 1650. The molecule has 256 valence electrons. The number of amides is 5. The van der Waals surface area contributed by atoms with Crippen LogP contribution in [0.25, 0.3) is 0 Å². The summed E-state index contributed by atoms with van der Waals surface area (Å²) in [4.78, 5) is 68.9. The number of benzene rings is 2. The number of carbonyl (C=O) groups is 5. The van der Waals surface area contributed by atoms with E-state index in [1.807, 2.05) is 37.3 Å². The summed E-state index contributed by atoms with van der Waals surface area (Å²) in [6, 6.07) is 14.1. The van der Waals surface area contributed by atoms with Crippen LogP contribution in [0.5, 0.6) is 0 Å². The molecule has 2 saturated carbocycles. The molecule has 1 spiro atoms. The zero-order chi connectivity index (χ0) is 34.6. The SMILES string of the molecule is C[C@@H](C1CC1)N(Cc1ccccc1)C(=O)CN1C(=O)OC2(CCc3cc(NC(=O)C4(NC(=O)OC(C)(C)C)CC(F)(F)C4)ccc32)C1=O. The van der Waals surface area contributed by atoms with Crippen molar-refractivity contribution in [3.63, 3.8) is 0 Å². The van der Waals surface area contributed by atoms with Gasteiger partial charge in [-0.25, -0.2) is 23.3 Å². The van der Waals surface area contributed by atoms with E-state index in [2.05, 4.69) is 10.6 Å². The highest BCUT2D eigenvalue weighted by molar-refractivity contribution is 6.06. The predicted molar refractivity (Wildman–Crippen MR) is 169 cm³/mol. The van der Waals surface area contributed by atoms with Crippen LogP contribution in [-0.2, 0) is 42.4 Å². The average Bonchev–Trinajstić information content (AvgIpc) is 3.74. The van der Waals surface area contributed by atoms with Crippen molar-refractivity contribution in [1.29, 1.82) is 0 Å². The fourth-order valence-electron chi connectivity index (χ4n) is 6.92. The van der Waals surface area contributed by atoms with Crippen LogP contribution >= 0.6 is 0 Å². The number of alkyl carbamates (subject to hydrolysis) is 1. The molecule has 2 N–H and O–H groups in total. The molecule has 2 atom stereocenters. The number of imide groups is 1. The van der Waals surface area contributed by atoms with Crippen LogP contribution in [0.3, 0.4) is 0 Å². The summed E-state index contributed by atoms with van der Waals surface area (Å²) in [6.07, 6.45) is -1.19. The maximum atomic E-state index is 14.0. The minimum atomic E-state index is -3.13. The van der Waals surface area contributed by atoms with Gasteiger partial charge >= 0.3 is 12.2 Å². The molecule has 1 heterocycles. The van der Waals surface area contributed by atoms with Gasteiger partial charge in [-0.1, -0.05) is 36.4 Å². The lowest BCUT2D eigenvalue weighted by Crippen LogP contribution is -2.68. The Morgan fingerprint density at radius 2 is 1.77 bits per heavy atom. The number of fused-ring (bicyclic) bond motifs is 2. The summed E-state index contributed by atoms with van der Waals surface area (Å²) in [6.45, 7) is 6.73. The van der Waals surface area contributed by atoms with Gasteiger partial charge in [0.2, 0.25) is 11.5 Å². The van der Waals surface area contributed by atoms with Crippen molar-refractivity contribution >= 4 is 35.6 Å². The fourth-order valence-corrected chi connectivity index (χ4v) is 6.92. The van der Waals surface area contributed by atoms with Crippen LogP contribution in [0.4, 0.5) is 24.1 Å². The second-order valence-electron chi connectivity index (χ2n) is 14.4. The Labute approximate surface area is 277 Å². The summed E-state index contributed by atoms with van der Waals surface area (Å²) in [5.41, 5.74) is -2.15. The Morgan fingerprint density at radius 1 is 1.08 bits per heavy atom. The first-order valence-corrected chi connectivity index (χ1v) is 16.2. The maximum Gasteiger partial charge on any atom is 0.418 e. The van der Waals surface area contributed by atoms with Gasteiger partial charge in [0.25, 0.3) is 17.7 Å². The number of rotatable bonds is 9. The molecule has 13 heteroatoms. The van der Waals surface area contributed by atoms with Crippen molar-refractivity contribution in [2.24, 2.45) is 5.92 Å². The van der Waals surface area contributed by atoms with E-state index >= 15 is 0 Å². The molecule has 1 saturated heterocycles. The molecular formula is C35H40F2N4O7. The second-order valence-corrected chi connectivity index (χ2v) is 14.4. The summed E-state index contributed by atoms with van der Waals surface area (Å²) in [5, 5.41) is 4.95. The highest BCUT2D eigenvalue weighted by Crippen LogP contribution is 2.48. The molecule has 0 aromatic heterocycles. The van der Waals surface area contributed by atoms with Crippen molar-refractivity contribution in [3.05, 3.63) is 65.2 Å². The first-order chi connectivity index (χ1) is 22.5. The molecule has 5 amide bonds. The first kappa shape index (κ1) is 33.4. The topological polar surface area (TPSA) is 134 Å². The Hall–Kier alpha value is -4.55. The van der Waals surface area contributed by atoms with Gasteiger partial charge < -0.3 is 25.0 Å². The molecular weight excluding hydrogens is 626 g/mol. The van der Waals surface area contributed by atoms with E-state index in [0.717, 1.165) is 23.3 Å². The standard InChI is InChI=1S/C35H40F2N4O7/c1-21(23-10-11-23)40(17-22-8-6-5-7-9-22)27(42)18-41-29(44)35(48-31(41)46)15-14-24-16-25(12-13-26(24)35)38-28(43)33(19-34(36,37)20-33)39-30(45)47-32(2,3)4/h5-9,12-13,16,21,23H,10-11,14-15,17-20H2,1-4H3,(H,38,43)(H,39,45)/t21-,35?/m0/s1. The Morgan fingerprint density at radius 3 is 2.40 bits per heavy atom. The molecule has 6 rings (SSSR count). The normalized spacial score (nSPS) is 22.8. The molecule has 1 unspecified atom stereocenters. The number of alkyl halides is 2. The van der Waals surface area contributed by atoms with E-state index in [-0.39, 0.29) is 24.1 Å². The lowest BCUT2D eigenvalue weighted by Gasteiger charge is -2.45. The zero-order valence-corrected chi connectivity index (χ0v) is 27.4. The van der Waals surface area contributed by atoms with Gasteiger partial charge in [-0.15, -0.1) is 0 Å². The van der Waals surface area contributed by atoms with E-state index < -0.39 is 66.1 Å². The highest BCUT2D eigenvalue weighted by Gasteiger charge is 2.62. The molecule has 2 aromatic carbocycles. The van der Waals surface area contributed by atoms with Crippen molar-refractivity contribution in [2.75, 3.05) is 11.9 Å². The largest absolute Gasteiger partial charge is 0.444 e.